The fourth-order valence-corrected chi connectivity index (χ4v) is 14.9. The maximum atomic E-state index is 15.6. The first-order valence-electron chi connectivity index (χ1n) is 40.0. The van der Waals surface area contributed by atoms with Crippen molar-refractivity contribution in [3.63, 3.8) is 0 Å². The Bertz CT molecular complexity index is 5340. The van der Waals surface area contributed by atoms with Crippen molar-refractivity contribution in [2.75, 3.05) is 25.6 Å². The molecular formula is C96H84O29S. The van der Waals surface area contributed by atoms with E-state index < -0.39 is 195 Å². The first kappa shape index (κ1) is 89.7. The highest BCUT2D eigenvalue weighted by molar-refractivity contribution is 7.99. The van der Waals surface area contributed by atoms with Gasteiger partial charge in [0.05, 0.1) is 55.6 Å². The zero-order valence-corrected chi connectivity index (χ0v) is 68.6. The van der Waals surface area contributed by atoms with Crippen LogP contribution in [0.2, 0.25) is 0 Å². The summed E-state index contributed by atoms with van der Waals surface area (Å²) in [5, 5.41) is 0. The highest BCUT2D eigenvalue weighted by Gasteiger charge is 2.63. The van der Waals surface area contributed by atoms with Gasteiger partial charge in [-0.1, -0.05) is 189 Å². The second kappa shape index (κ2) is 43.8. The van der Waals surface area contributed by atoms with E-state index in [2.05, 4.69) is 0 Å². The predicted octanol–water partition coefficient (Wildman–Crippen LogP) is 12.7. The molecule has 0 radical (unpaired) electrons. The summed E-state index contributed by atoms with van der Waals surface area (Å²) in [5.41, 5.74) is -2.66. The van der Waals surface area contributed by atoms with Gasteiger partial charge < -0.3 is 80.5 Å². The zero-order chi connectivity index (χ0) is 88.4. The molecule has 17 atom stereocenters. The van der Waals surface area contributed by atoms with Gasteiger partial charge in [0, 0.05) is 13.8 Å². The first-order valence-corrected chi connectivity index (χ1v) is 41.0. The van der Waals surface area contributed by atoms with E-state index in [4.69, 9.17) is 80.5 Å². The summed E-state index contributed by atoms with van der Waals surface area (Å²) in [6, 6.07) is 74.3. The van der Waals surface area contributed by atoms with E-state index >= 15 is 33.6 Å². The molecule has 648 valence electrons. The molecule has 13 rings (SSSR count). The van der Waals surface area contributed by atoms with Gasteiger partial charge in [-0.05, 0) is 127 Å². The van der Waals surface area contributed by atoms with Crippen molar-refractivity contribution in [3.8, 4) is 0 Å². The third-order valence-electron chi connectivity index (χ3n) is 19.9. The second-order valence-corrected chi connectivity index (χ2v) is 29.9. The number of hydrogen-bond acceptors (Lipinski definition) is 30. The largest absolute Gasteiger partial charge is 0.462 e. The Labute approximate surface area is 726 Å². The molecule has 0 aliphatic carbocycles. The Morgan fingerprint density at radius 2 is 0.548 bits per heavy atom. The quantitative estimate of drug-likeness (QED) is 0.0272. The topological polar surface area (TPSA) is 362 Å². The maximum absolute atomic E-state index is 15.6. The summed E-state index contributed by atoms with van der Waals surface area (Å²) >= 11 is 0.940. The molecule has 10 aromatic carbocycles. The first-order chi connectivity index (χ1) is 61.2. The van der Waals surface area contributed by atoms with Crippen molar-refractivity contribution in [2.45, 2.75) is 124 Å². The van der Waals surface area contributed by atoms with Crippen molar-refractivity contribution in [2.24, 2.45) is 0 Å². The summed E-state index contributed by atoms with van der Waals surface area (Å²) in [4.78, 5) is 179. The number of benzene rings is 10. The monoisotopic (exact) mass is 1730 g/mol. The number of ether oxygens (including phenoxy) is 17. The van der Waals surface area contributed by atoms with E-state index in [0.29, 0.717) is 0 Å². The van der Waals surface area contributed by atoms with Gasteiger partial charge >= 0.3 is 71.6 Å². The Morgan fingerprint density at radius 3 is 0.905 bits per heavy atom. The van der Waals surface area contributed by atoms with E-state index in [1.165, 1.54) is 218 Å². The lowest BCUT2D eigenvalue weighted by atomic mass is 9.92. The molecule has 0 N–H and O–H groups in total. The Kier molecular flexibility index (Phi) is 31.2. The number of carbonyl (C=O) groups is 12. The average molecular weight is 1730 g/mol. The van der Waals surface area contributed by atoms with Crippen LogP contribution in [0.1, 0.15) is 124 Å². The summed E-state index contributed by atoms with van der Waals surface area (Å²) in [6.07, 6.45) is -35.4. The number of rotatable bonds is 33. The molecule has 30 heteroatoms. The molecule has 3 saturated heterocycles. The highest BCUT2D eigenvalue weighted by atomic mass is 32.2. The van der Waals surface area contributed by atoms with Crippen LogP contribution in [0.5, 0.6) is 0 Å². The minimum Gasteiger partial charge on any atom is -0.462 e. The predicted molar refractivity (Wildman–Crippen MR) is 445 cm³/mol. The minimum absolute atomic E-state index is 0.00860. The summed E-state index contributed by atoms with van der Waals surface area (Å²) in [6.45, 7) is 0.841. The maximum Gasteiger partial charge on any atom is 0.338 e. The molecule has 3 fully saturated rings. The van der Waals surface area contributed by atoms with Crippen LogP contribution < -0.4 is 0 Å². The van der Waals surface area contributed by atoms with Crippen LogP contribution in [0.25, 0.3) is 0 Å². The third-order valence-corrected chi connectivity index (χ3v) is 20.9. The lowest BCUT2D eigenvalue weighted by molar-refractivity contribution is -0.370. The van der Waals surface area contributed by atoms with E-state index in [9.17, 15) is 24.0 Å². The zero-order valence-electron chi connectivity index (χ0n) is 67.8. The SMILES string of the molecule is CCS[C@H]1O[C@H]([C@H](COC(C)=O)OC(C)=O)[C@@H](O[C@@H]2O[C@H](COC(=O)c3ccccc3)[C@@H](OC(=O)c3ccccc3)[C@H](OC(=O)c3ccccc3)[C@H]2OC(=O)c2ccccc2)[C@H](O[C@H]2O[C@H]([C@H](COC(=O)c3ccccc3)OC(=O)c3ccccc3)[C@@H](OC(=O)c3ccccc3)[C@H](OC(=O)c3ccccc3)[C@@H]2OC(=O)c2ccccc2)[C@@H]1OC(=O)c1ccccc1. The molecule has 0 spiro atoms. The highest BCUT2D eigenvalue weighted by Crippen LogP contribution is 2.43. The van der Waals surface area contributed by atoms with Gasteiger partial charge in [0.1, 0.15) is 55.8 Å². The Morgan fingerprint density at radius 1 is 0.270 bits per heavy atom. The fourth-order valence-electron chi connectivity index (χ4n) is 13.9. The smallest absolute Gasteiger partial charge is 0.338 e. The summed E-state index contributed by atoms with van der Waals surface area (Å²) in [7, 11) is 0. The molecule has 3 aliphatic heterocycles. The number of hydrogen-bond donors (Lipinski definition) is 0. The van der Waals surface area contributed by atoms with E-state index in [-0.39, 0.29) is 61.4 Å². The molecule has 126 heavy (non-hydrogen) atoms. The lowest BCUT2D eigenvalue weighted by Crippen LogP contribution is -2.70. The van der Waals surface area contributed by atoms with Crippen molar-refractivity contribution < 1.29 is 138 Å². The number of esters is 12. The molecule has 29 nitrogen and oxygen atoms in total. The Balaban J connectivity index is 1.07. The lowest BCUT2D eigenvalue weighted by Gasteiger charge is -2.52. The van der Waals surface area contributed by atoms with E-state index in [1.54, 1.807) is 91.9 Å². The van der Waals surface area contributed by atoms with Gasteiger partial charge in [-0.25, -0.2) is 47.9 Å². The molecule has 0 unspecified atom stereocenters. The third kappa shape index (κ3) is 23.5. The normalized spacial score (nSPS) is 22.3. The van der Waals surface area contributed by atoms with Crippen LogP contribution in [-0.4, -0.2) is 201 Å². The average Bonchev–Trinajstić information content (AvgIpc) is 0.749. The number of thioether (sulfide) groups is 1. The Hall–Kier alpha value is -14.0. The standard InChI is InChI=1S/C96H84O29S/c1-4-126-96-83(121-93(108)69-53-33-14-34-54-69)80(124-95-82(120-92(107)68-51-31-13-32-52-68)79(118-90(105)66-47-27-11-28-48-66)76(116-88(103)64-43-23-9-24-44-64)74(122-95)71(113-86(101)62-39-19-7-20-40-62)56-110-84(99)60-35-15-5-16-36-60)77(75(125-96)70(112-59(3)98)55-109-58(2)97)123-94-81(119-91(106)67-49-29-12-30-50-67)78(117-89(104)65-45-25-10-26-46-65)73(115-87(102)63-41-21-8-22-42-63)72(114-94)57-111-85(100)61-37-17-6-18-38-61/h5-54,70-83,94-96H,4,55-57H2,1-3H3/t70-,71-,72+,73+,74+,75+,76+,77+,78-,79-,80-,81+,82-,83-,94-,95+,96+/m0/s1. The van der Waals surface area contributed by atoms with Gasteiger partial charge in [0.15, 0.2) is 67.5 Å². The minimum atomic E-state index is -2.53. The van der Waals surface area contributed by atoms with Gasteiger partial charge in [0.2, 0.25) is 0 Å². The van der Waals surface area contributed by atoms with E-state index in [0.717, 1.165) is 25.6 Å². The van der Waals surface area contributed by atoms with Gasteiger partial charge in [-0.3, -0.25) is 9.59 Å². The van der Waals surface area contributed by atoms with Crippen molar-refractivity contribution in [1.82, 2.24) is 0 Å². The summed E-state index contributed by atoms with van der Waals surface area (Å²) < 4.78 is 113. The molecule has 10 aromatic rings. The summed E-state index contributed by atoms with van der Waals surface area (Å²) in [5.74, 6) is -13.2. The molecule has 0 saturated carbocycles. The molecule has 0 aromatic heterocycles. The molecule has 0 amide bonds. The van der Waals surface area contributed by atoms with Crippen molar-refractivity contribution in [3.05, 3.63) is 359 Å². The molecular weight excluding hydrogens is 1650 g/mol. The molecule has 0 bridgehead atoms. The van der Waals surface area contributed by atoms with Crippen LogP contribution in [0.15, 0.2) is 303 Å². The van der Waals surface area contributed by atoms with Gasteiger partial charge in [-0.15, -0.1) is 11.8 Å². The van der Waals surface area contributed by atoms with Crippen LogP contribution >= 0.6 is 11.8 Å². The van der Waals surface area contributed by atoms with Gasteiger partial charge in [-0.2, -0.15) is 0 Å². The second-order valence-electron chi connectivity index (χ2n) is 28.5. The van der Waals surface area contributed by atoms with Gasteiger partial charge in [0.25, 0.3) is 0 Å². The van der Waals surface area contributed by atoms with Crippen molar-refractivity contribution in [1.29, 1.82) is 0 Å². The van der Waals surface area contributed by atoms with Crippen LogP contribution in [-0.2, 0) is 90.1 Å². The number of carbonyl (C=O) groups excluding carboxylic acids is 12. The van der Waals surface area contributed by atoms with E-state index in [1.807, 2.05) is 0 Å². The molecule has 3 heterocycles. The van der Waals surface area contributed by atoms with Crippen molar-refractivity contribution >= 4 is 83.4 Å². The fraction of sp³-hybridized carbons (Fsp3) is 0.250. The van der Waals surface area contributed by atoms with Crippen LogP contribution in [0.4, 0.5) is 0 Å². The molecule has 3 aliphatic rings. The van der Waals surface area contributed by atoms with Crippen LogP contribution in [0.3, 0.4) is 0 Å². The van der Waals surface area contributed by atoms with Crippen LogP contribution in [0, 0.1) is 0 Å².